The van der Waals surface area contributed by atoms with E-state index in [-0.39, 0.29) is 27.2 Å². The number of hydrogen-bond donors (Lipinski definition) is 0. The molecule has 240 valence electrons. The molecule has 0 atom stereocenters. The van der Waals surface area contributed by atoms with E-state index in [4.69, 9.17) is 71.7 Å². The fourth-order valence-electron chi connectivity index (χ4n) is 5.65. The van der Waals surface area contributed by atoms with Gasteiger partial charge in [0.05, 0.1) is 10.7 Å². The van der Waals surface area contributed by atoms with Gasteiger partial charge in [0, 0.05) is 20.5 Å². The van der Waals surface area contributed by atoms with Gasteiger partial charge in [0.25, 0.3) is 0 Å². The SMILES string of the molecule is ClCCl.ClCCl.[Ni+2].[S-]c1ccccc1-p1c2ccccc2c2ccccc21.[S-]c1ccccc1-p1c2ccccc2c2ccccc21. The van der Waals surface area contributed by atoms with Gasteiger partial charge in [0.1, 0.15) is 0 Å². The summed E-state index contributed by atoms with van der Waals surface area (Å²) in [7, 11) is -0.994. The van der Waals surface area contributed by atoms with E-state index in [0.717, 1.165) is 9.79 Å². The first-order valence-corrected chi connectivity index (χ1v) is 19.9. The van der Waals surface area contributed by atoms with Crippen molar-refractivity contribution in [2.75, 3.05) is 10.7 Å². The first-order valence-electron chi connectivity index (χ1n) is 14.3. The van der Waals surface area contributed by atoms with Gasteiger partial charge in [0.2, 0.25) is 0 Å². The van der Waals surface area contributed by atoms with Crippen LogP contribution in [0.3, 0.4) is 0 Å². The zero-order valence-electron chi connectivity index (χ0n) is 24.8. The average Bonchev–Trinajstić information content (AvgIpc) is 3.60. The molecule has 6 aromatic carbocycles. The molecule has 47 heavy (non-hydrogen) atoms. The van der Waals surface area contributed by atoms with Gasteiger partial charge in [-0.1, -0.05) is 161 Å². The molecule has 0 radical (unpaired) electrons. The van der Waals surface area contributed by atoms with Crippen LogP contribution in [-0.4, -0.2) is 10.7 Å². The molecule has 0 aliphatic heterocycles. The molecule has 0 bridgehead atoms. The maximum Gasteiger partial charge on any atom is 2.00 e. The van der Waals surface area contributed by atoms with E-state index >= 15 is 0 Å². The van der Waals surface area contributed by atoms with E-state index in [1.807, 2.05) is 24.3 Å². The molecule has 0 nitrogen and oxygen atoms in total. The number of hydrogen-bond acceptors (Lipinski definition) is 2. The molecular formula is C38H28Cl4NiP2S2. The van der Waals surface area contributed by atoms with Gasteiger partial charge in [-0.05, 0) is 32.2 Å². The van der Waals surface area contributed by atoms with Gasteiger partial charge >= 0.3 is 16.5 Å². The Morgan fingerprint density at radius 1 is 0.362 bits per heavy atom. The molecule has 0 aliphatic carbocycles. The predicted molar refractivity (Wildman–Crippen MR) is 215 cm³/mol. The fraction of sp³-hybridized carbons (Fsp3) is 0.0526. The van der Waals surface area contributed by atoms with Crippen molar-refractivity contribution in [3.63, 3.8) is 0 Å². The molecule has 0 aliphatic rings. The minimum absolute atomic E-state index is 0. The summed E-state index contributed by atoms with van der Waals surface area (Å²) in [6, 6.07) is 51.6. The topological polar surface area (TPSA) is 0 Å². The van der Waals surface area contributed by atoms with Crippen molar-refractivity contribution in [1.82, 2.24) is 0 Å². The Labute approximate surface area is 319 Å². The summed E-state index contributed by atoms with van der Waals surface area (Å²) in [5, 5.41) is 14.2. The van der Waals surface area contributed by atoms with Gasteiger partial charge in [-0.15, -0.1) is 46.4 Å². The molecule has 2 heterocycles. The molecule has 0 spiro atoms. The van der Waals surface area contributed by atoms with Crippen molar-refractivity contribution in [3.05, 3.63) is 146 Å². The van der Waals surface area contributed by atoms with Crippen LogP contribution in [0.1, 0.15) is 0 Å². The van der Waals surface area contributed by atoms with Crippen LogP contribution in [0.2, 0.25) is 0 Å². The van der Waals surface area contributed by atoms with Crippen molar-refractivity contribution in [2.45, 2.75) is 9.79 Å². The molecule has 8 rings (SSSR count). The number of rotatable bonds is 2. The molecule has 2 aromatic heterocycles. The molecule has 0 amide bonds. The first kappa shape index (κ1) is 37.8. The van der Waals surface area contributed by atoms with E-state index in [1.54, 1.807) is 0 Å². The summed E-state index contributed by atoms with van der Waals surface area (Å²) in [6.45, 7) is 0. The molecule has 9 heteroatoms. The Kier molecular flexibility index (Phi) is 15.0. The monoisotopic (exact) mass is 808 g/mol. The van der Waals surface area contributed by atoms with Gasteiger partial charge in [-0.2, -0.15) is 9.79 Å². The second-order valence-electron chi connectivity index (χ2n) is 9.88. The van der Waals surface area contributed by atoms with Crippen LogP contribution in [0.5, 0.6) is 0 Å². The van der Waals surface area contributed by atoms with E-state index in [0.29, 0.717) is 0 Å². The predicted octanol–water partition coefficient (Wildman–Crippen LogP) is 14.6. The Balaban J connectivity index is 0.000000179. The number of halogens is 4. The Hall–Kier alpha value is -1.99. The van der Waals surface area contributed by atoms with Crippen molar-refractivity contribution in [1.29, 1.82) is 0 Å². The minimum Gasteiger partial charge on any atom is -0.779 e. The molecule has 0 saturated carbocycles. The molecule has 8 aromatic rings. The van der Waals surface area contributed by atoms with Gasteiger partial charge in [0.15, 0.2) is 0 Å². The van der Waals surface area contributed by atoms with Crippen molar-refractivity contribution >= 4 is 129 Å². The zero-order chi connectivity index (χ0) is 32.5. The molecule has 0 fully saturated rings. The maximum atomic E-state index is 5.56. The first-order chi connectivity index (χ1) is 22.5. The Morgan fingerprint density at radius 2 is 0.574 bits per heavy atom. The van der Waals surface area contributed by atoms with Gasteiger partial charge in [-0.25, -0.2) is 0 Å². The fourth-order valence-corrected chi connectivity index (χ4v) is 11.8. The standard InChI is InChI=1S/2C18H13PS.2CH2Cl2.Ni/c2*20-18-12-6-5-11-17(18)19-15-9-3-1-7-13(15)14-8-2-4-10-16(14)19;2*2-1-3;/h2*1-12,20H;2*1H2;/q;;;;+2/p-2. The van der Waals surface area contributed by atoms with Crippen molar-refractivity contribution in [2.24, 2.45) is 0 Å². The van der Waals surface area contributed by atoms with Crippen molar-refractivity contribution < 1.29 is 16.5 Å². The third-order valence-corrected chi connectivity index (χ3v) is 13.6. The molecule has 0 saturated heterocycles. The second kappa shape index (κ2) is 18.7. The van der Waals surface area contributed by atoms with E-state index in [9.17, 15) is 0 Å². The summed E-state index contributed by atoms with van der Waals surface area (Å²) in [5.41, 5.74) is 0. The van der Waals surface area contributed by atoms with Crippen LogP contribution in [0.15, 0.2) is 155 Å². The second-order valence-corrected chi connectivity index (χ2v) is 16.6. The van der Waals surface area contributed by atoms with Crippen LogP contribution < -0.4 is 0 Å². The van der Waals surface area contributed by atoms with Crippen molar-refractivity contribution in [3.8, 4) is 10.6 Å². The summed E-state index contributed by atoms with van der Waals surface area (Å²) in [6.07, 6.45) is 0. The Morgan fingerprint density at radius 3 is 0.830 bits per heavy atom. The largest absolute Gasteiger partial charge is 2.00 e. The van der Waals surface area contributed by atoms with Crippen LogP contribution in [-0.2, 0) is 41.7 Å². The van der Waals surface area contributed by atoms with E-state index in [2.05, 4.69) is 121 Å². The van der Waals surface area contributed by atoms with E-state index in [1.165, 1.54) is 52.6 Å². The zero-order valence-corrected chi connectivity index (χ0v) is 32.2. The number of alkyl halides is 4. The third kappa shape index (κ3) is 8.43. The van der Waals surface area contributed by atoms with Gasteiger partial charge in [-0.3, -0.25) is 0 Å². The van der Waals surface area contributed by atoms with Crippen LogP contribution >= 0.6 is 61.5 Å². The summed E-state index contributed by atoms with van der Waals surface area (Å²) >= 11 is 30.2. The van der Waals surface area contributed by atoms with Crippen LogP contribution in [0.25, 0.3) is 52.6 Å². The maximum absolute atomic E-state index is 5.56. The smallest absolute Gasteiger partial charge is 0.779 e. The summed E-state index contributed by atoms with van der Waals surface area (Å²) in [5.74, 6) is 0. The molecule has 0 N–H and O–H groups in total. The number of benzene rings is 6. The molecule has 0 unspecified atom stereocenters. The minimum atomic E-state index is -0.497. The van der Waals surface area contributed by atoms with Crippen LogP contribution in [0.4, 0.5) is 0 Å². The number of fused-ring (bicyclic) bond motifs is 6. The quantitative estimate of drug-likeness (QED) is 0.0969. The van der Waals surface area contributed by atoms with E-state index < -0.39 is 15.1 Å². The normalized spacial score (nSPS) is 10.3. The summed E-state index contributed by atoms with van der Waals surface area (Å²) < 4.78 is 0. The summed E-state index contributed by atoms with van der Waals surface area (Å²) in [4.78, 5) is 1.95. The van der Waals surface area contributed by atoms with Gasteiger partial charge < -0.3 is 25.3 Å². The van der Waals surface area contributed by atoms with Crippen LogP contribution in [0, 0.1) is 0 Å². The molecular weight excluding hydrogens is 783 g/mol. The average molecular weight is 811 g/mol. The Bertz CT molecular complexity index is 1950. The third-order valence-electron chi connectivity index (χ3n) is 7.37.